The fraction of sp³-hybridized carbons (Fsp3) is 0.538. The Labute approximate surface area is 95.9 Å². The molecule has 0 nitrogen and oxygen atoms in total. The number of rotatable bonds is 3. The molecule has 0 radical (unpaired) electrons. The predicted octanol–water partition coefficient (Wildman–Crippen LogP) is 4.53. The zero-order valence-electron chi connectivity index (χ0n) is 9.47. The minimum atomic E-state index is 0.201. The summed E-state index contributed by atoms with van der Waals surface area (Å²) in [6, 6.07) is 8.94. The maximum Gasteiger partial charge on any atom is 0.0242 e. The van der Waals surface area contributed by atoms with Gasteiger partial charge < -0.3 is 0 Å². The Bertz CT molecular complexity index is 277. The molecule has 1 heteroatoms. The summed E-state index contributed by atoms with van der Waals surface area (Å²) in [6.45, 7) is 8.85. The van der Waals surface area contributed by atoms with Gasteiger partial charge in [-0.05, 0) is 37.3 Å². The van der Waals surface area contributed by atoms with E-state index < -0.39 is 0 Å². The molecule has 0 saturated heterocycles. The lowest BCUT2D eigenvalue weighted by molar-refractivity contribution is 0.724. The highest BCUT2D eigenvalue weighted by Gasteiger charge is 2.13. The van der Waals surface area contributed by atoms with E-state index >= 15 is 0 Å². The van der Waals surface area contributed by atoms with Crippen LogP contribution in [0.5, 0.6) is 0 Å². The molecule has 0 unspecified atom stereocenters. The van der Waals surface area contributed by atoms with E-state index in [4.69, 9.17) is 0 Å². The van der Waals surface area contributed by atoms with Crippen LogP contribution in [0.3, 0.4) is 0 Å². The Morgan fingerprint density at radius 3 is 2.00 bits per heavy atom. The summed E-state index contributed by atoms with van der Waals surface area (Å²) in [4.78, 5) is 0. The van der Waals surface area contributed by atoms with Crippen molar-refractivity contribution in [3.8, 4) is 0 Å². The molecule has 1 rings (SSSR count). The molecule has 0 atom stereocenters. The summed E-state index contributed by atoms with van der Waals surface area (Å²) in [6.07, 6.45) is 1.07. The van der Waals surface area contributed by atoms with Crippen LogP contribution in [0.1, 0.15) is 44.7 Å². The molecule has 0 bridgehead atoms. The Hall–Kier alpha value is -0.300. The van der Waals surface area contributed by atoms with Crippen molar-refractivity contribution in [1.82, 2.24) is 0 Å². The third-order valence-corrected chi connectivity index (χ3v) is 2.55. The second-order valence-electron chi connectivity index (χ2n) is 4.79. The fourth-order valence-electron chi connectivity index (χ4n) is 1.51. The number of hydrogen-bond acceptors (Lipinski definition) is 0. The van der Waals surface area contributed by atoms with Gasteiger partial charge in [-0.1, -0.05) is 54.0 Å². The highest BCUT2D eigenvalue weighted by atomic mass is 79.9. The standard InChI is InChI=1S/C13H19Br/c1-10(2)12-7-5-11(6-8-12)9-13(3,4)14/h5-8,10H,9H2,1-4H3. The van der Waals surface area contributed by atoms with Gasteiger partial charge >= 0.3 is 0 Å². The van der Waals surface area contributed by atoms with Gasteiger partial charge in [-0.15, -0.1) is 0 Å². The Morgan fingerprint density at radius 2 is 1.64 bits per heavy atom. The van der Waals surface area contributed by atoms with Crippen molar-refractivity contribution in [1.29, 1.82) is 0 Å². The van der Waals surface area contributed by atoms with E-state index in [2.05, 4.69) is 67.9 Å². The monoisotopic (exact) mass is 254 g/mol. The summed E-state index contributed by atoms with van der Waals surface area (Å²) in [5, 5.41) is 0. The van der Waals surface area contributed by atoms with Gasteiger partial charge in [-0.3, -0.25) is 0 Å². The molecule has 0 aliphatic heterocycles. The minimum absolute atomic E-state index is 0.201. The quantitative estimate of drug-likeness (QED) is 0.696. The van der Waals surface area contributed by atoms with Gasteiger partial charge in [0.15, 0.2) is 0 Å². The van der Waals surface area contributed by atoms with Gasteiger partial charge in [0.2, 0.25) is 0 Å². The topological polar surface area (TPSA) is 0 Å². The zero-order valence-corrected chi connectivity index (χ0v) is 11.1. The molecule has 0 saturated carbocycles. The van der Waals surface area contributed by atoms with Crippen molar-refractivity contribution >= 4 is 15.9 Å². The van der Waals surface area contributed by atoms with Crippen LogP contribution in [0.15, 0.2) is 24.3 Å². The van der Waals surface area contributed by atoms with Gasteiger partial charge in [-0.25, -0.2) is 0 Å². The summed E-state index contributed by atoms with van der Waals surface area (Å²) in [5.74, 6) is 0.626. The van der Waals surface area contributed by atoms with Crippen molar-refractivity contribution in [2.24, 2.45) is 0 Å². The Kier molecular flexibility index (Phi) is 3.77. The predicted molar refractivity (Wildman–Crippen MR) is 67.2 cm³/mol. The van der Waals surface area contributed by atoms with E-state index in [-0.39, 0.29) is 4.32 Å². The molecule has 1 aromatic carbocycles. The largest absolute Gasteiger partial charge is 0.0856 e. The lowest BCUT2D eigenvalue weighted by Crippen LogP contribution is -2.13. The molecule has 0 aliphatic rings. The van der Waals surface area contributed by atoms with Crippen molar-refractivity contribution in [3.05, 3.63) is 35.4 Å². The van der Waals surface area contributed by atoms with E-state index in [0.717, 1.165) is 6.42 Å². The first-order valence-corrected chi connectivity index (χ1v) is 5.95. The lowest BCUT2D eigenvalue weighted by atomic mass is 9.98. The number of hydrogen-bond donors (Lipinski definition) is 0. The summed E-state index contributed by atoms with van der Waals surface area (Å²) in [5.41, 5.74) is 2.82. The van der Waals surface area contributed by atoms with E-state index in [1.807, 2.05) is 0 Å². The number of halogens is 1. The molecule has 0 aliphatic carbocycles. The normalized spacial score (nSPS) is 12.1. The SMILES string of the molecule is CC(C)c1ccc(CC(C)(C)Br)cc1. The van der Waals surface area contributed by atoms with Crippen molar-refractivity contribution < 1.29 is 0 Å². The fourth-order valence-corrected chi connectivity index (χ4v) is 1.83. The average Bonchev–Trinajstić information content (AvgIpc) is 2.02. The van der Waals surface area contributed by atoms with Crippen LogP contribution < -0.4 is 0 Å². The molecular formula is C13H19Br. The molecule has 1 aromatic rings. The third kappa shape index (κ3) is 3.83. The first-order valence-electron chi connectivity index (χ1n) is 5.16. The molecule has 78 valence electrons. The second-order valence-corrected chi connectivity index (χ2v) is 6.94. The second kappa shape index (κ2) is 4.48. The van der Waals surface area contributed by atoms with Crippen molar-refractivity contribution in [3.63, 3.8) is 0 Å². The molecule has 0 amide bonds. The van der Waals surface area contributed by atoms with Crippen LogP contribution in [0.25, 0.3) is 0 Å². The van der Waals surface area contributed by atoms with E-state index in [1.165, 1.54) is 11.1 Å². The number of alkyl halides is 1. The van der Waals surface area contributed by atoms with Gasteiger partial charge in [0.1, 0.15) is 0 Å². The van der Waals surface area contributed by atoms with Crippen LogP contribution in [-0.2, 0) is 6.42 Å². The van der Waals surface area contributed by atoms with Crippen LogP contribution in [0.2, 0.25) is 0 Å². The lowest BCUT2D eigenvalue weighted by Gasteiger charge is -2.16. The van der Waals surface area contributed by atoms with Gasteiger partial charge in [0.05, 0.1) is 0 Å². The van der Waals surface area contributed by atoms with Crippen LogP contribution in [-0.4, -0.2) is 4.32 Å². The average molecular weight is 255 g/mol. The van der Waals surface area contributed by atoms with Gasteiger partial charge in [-0.2, -0.15) is 0 Å². The van der Waals surface area contributed by atoms with Crippen molar-refractivity contribution in [2.75, 3.05) is 0 Å². The van der Waals surface area contributed by atoms with Crippen molar-refractivity contribution in [2.45, 2.75) is 44.4 Å². The molecule has 14 heavy (non-hydrogen) atoms. The van der Waals surface area contributed by atoms with Crippen LogP contribution >= 0.6 is 15.9 Å². The van der Waals surface area contributed by atoms with E-state index in [9.17, 15) is 0 Å². The van der Waals surface area contributed by atoms with Crippen LogP contribution in [0.4, 0.5) is 0 Å². The Balaban J connectivity index is 2.74. The third-order valence-electron chi connectivity index (χ3n) is 2.27. The molecular weight excluding hydrogens is 236 g/mol. The highest BCUT2D eigenvalue weighted by molar-refractivity contribution is 9.10. The Morgan fingerprint density at radius 1 is 1.14 bits per heavy atom. The van der Waals surface area contributed by atoms with Gasteiger partial charge in [0, 0.05) is 4.32 Å². The van der Waals surface area contributed by atoms with E-state index in [0.29, 0.717) is 5.92 Å². The number of benzene rings is 1. The molecule has 0 spiro atoms. The van der Waals surface area contributed by atoms with Gasteiger partial charge in [0.25, 0.3) is 0 Å². The summed E-state index contributed by atoms with van der Waals surface area (Å²) in [7, 11) is 0. The maximum absolute atomic E-state index is 3.66. The van der Waals surface area contributed by atoms with E-state index in [1.54, 1.807) is 0 Å². The summed E-state index contributed by atoms with van der Waals surface area (Å²) >= 11 is 3.66. The first-order chi connectivity index (χ1) is 6.38. The molecule has 0 heterocycles. The highest BCUT2D eigenvalue weighted by Crippen LogP contribution is 2.23. The zero-order chi connectivity index (χ0) is 10.8. The smallest absolute Gasteiger partial charge is 0.0242 e. The maximum atomic E-state index is 3.66. The minimum Gasteiger partial charge on any atom is -0.0856 e. The summed E-state index contributed by atoms with van der Waals surface area (Å²) < 4.78 is 0.201. The van der Waals surface area contributed by atoms with Crippen LogP contribution in [0, 0.1) is 0 Å². The molecule has 0 N–H and O–H groups in total. The molecule has 0 fully saturated rings. The first kappa shape index (κ1) is 11.8. The molecule has 0 aromatic heterocycles.